The summed E-state index contributed by atoms with van der Waals surface area (Å²) in [6.07, 6.45) is 1.38. The van der Waals surface area contributed by atoms with E-state index in [0.29, 0.717) is 27.9 Å². The van der Waals surface area contributed by atoms with Crippen molar-refractivity contribution in [2.24, 2.45) is 0 Å². The summed E-state index contributed by atoms with van der Waals surface area (Å²) in [4.78, 5) is 20.9. The largest absolute Gasteiger partial charge is 0.503 e. The molecule has 4 rings (SSSR count). The molecule has 2 aromatic carbocycles. The molecule has 4 aromatic rings. The summed E-state index contributed by atoms with van der Waals surface area (Å²) in [5.74, 6) is 1.04. The van der Waals surface area contributed by atoms with Gasteiger partial charge in [-0.2, -0.15) is 0 Å². The molecule has 0 spiro atoms. The van der Waals surface area contributed by atoms with E-state index in [1.807, 2.05) is 30.3 Å². The van der Waals surface area contributed by atoms with Crippen molar-refractivity contribution >= 4 is 51.1 Å². The second-order valence-corrected chi connectivity index (χ2v) is 9.56. The first-order valence-corrected chi connectivity index (χ1v) is 11.5. The zero-order chi connectivity index (χ0) is 22.7. The molecule has 2 N–H and O–H groups in total. The van der Waals surface area contributed by atoms with Gasteiger partial charge in [0.2, 0.25) is 0 Å². The number of benzene rings is 2. The van der Waals surface area contributed by atoms with Crippen LogP contribution in [0.1, 0.15) is 10.5 Å². The van der Waals surface area contributed by atoms with Gasteiger partial charge in [0.25, 0.3) is 5.91 Å². The minimum absolute atomic E-state index is 0.145. The number of hydrogen-bond donors (Lipinski definition) is 2. The van der Waals surface area contributed by atoms with Crippen molar-refractivity contribution in [3.05, 3.63) is 60.4 Å². The first kappa shape index (κ1) is 22.2. The van der Waals surface area contributed by atoms with Crippen molar-refractivity contribution in [1.29, 1.82) is 0 Å². The van der Waals surface area contributed by atoms with Crippen molar-refractivity contribution in [3.8, 4) is 28.7 Å². The SMILES string of the molecule is COc1ccnc(C(=O)Nc2nc3ccc(Oc4ccccc4OC(P)P)cc3s2)c1O. The lowest BCUT2D eigenvalue weighted by molar-refractivity contribution is 0.101. The number of nitrogens with zero attached hydrogens (tertiary/aromatic N) is 2. The molecule has 0 aliphatic rings. The topological polar surface area (TPSA) is 103 Å². The standard InChI is InChI=1S/C21H19N3O5P2S/c1-27-15-8-9-22-17(18(15)25)19(26)24-20-23-12-7-6-11(10-16(12)32-20)28-13-4-2-3-5-14(13)29-21(30)31/h2-10,21,25H,30-31H2,1H3,(H,23,24,26). The van der Waals surface area contributed by atoms with Crippen molar-refractivity contribution in [2.45, 2.75) is 5.59 Å². The Kier molecular flexibility index (Phi) is 6.70. The molecule has 0 radical (unpaired) electrons. The highest BCUT2D eigenvalue weighted by molar-refractivity contribution is 7.37. The Morgan fingerprint density at radius 3 is 2.66 bits per heavy atom. The summed E-state index contributed by atoms with van der Waals surface area (Å²) < 4.78 is 17.6. The van der Waals surface area contributed by atoms with Gasteiger partial charge in [-0.3, -0.25) is 10.1 Å². The number of hydrogen-bond acceptors (Lipinski definition) is 8. The summed E-state index contributed by atoms with van der Waals surface area (Å²) in [5.41, 5.74) is 0.402. The molecule has 0 fully saturated rings. The van der Waals surface area contributed by atoms with Gasteiger partial charge in [0.05, 0.1) is 17.3 Å². The fourth-order valence-corrected chi connectivity index (χ4v) is 4.03. The van der Waals surface area contributed by atoms with Gasteiger partial charge in [0.15, 0.2) is 33.8 Å². The maximum absolute atomic E-state index is 12.5. The molecule has 2 atom stereocenters. The predicted octanol–water partition coefficient (Wildman–Crippen LogP) is 4.86. The van der Waals surface area contributed by atoms with Crippen LogP contribution in [0, 0.1) is 0 Å². The highest BCUT2D eigenvalue weighted by Gasteiger charge is 2.18. The summed E-state index contributed by atoms with van der Waals surface area (Å²) in [6, 6.07) is 14.3. The van der Waals surface area contributed by atoms with Crippen LogP contribution in [-0.4, -0.2) is 33.7 Å². The van der Waals surface area contributed by atoms with E-state index < -0.39 is 5.91 Å². The van der Waals surface area contributed by atoms with E-state index in [2.05, 4.69) is 33.8 Å². The lowest BCUT2D eigenvalue weighted by Gasteiger charge is -2.14. The minimum atomic E-state index is -0.590. The first-order valence-electron chi connectivity index (χ1n) is 9.33. The van der Waals surface area contributed by atoms with Crippen LogP contribution >= 0.6 is 29.8 Å². The number of thiazole rings is 1. The molecule has 0 saturated heterocycles. The first-order chi connectivity index (χ1) is 15.4. The van der Waals surface area contributed by atoms with Gasteiger partial charge in [-0.1, -0.05) is 41.9 Å². The smallest absolute Gasteiger partial charge is 0.280 e. The third-order valence-electron chi connectivity index (χ3n) is 4.24. The molecule has 2 unspecified atom stereocenters. The summed E-state index contributed by atoms with van der Waals surface area (Å²) in [5, 5.41) is 13.2. The van der Waals surface area contributed by atoms with Crippen LogP contribution in [0.2, 0.25) is 0 Å². The van der Waals surface area contributed by atoms with Crippen LogP contribution in [0.3, 0.4) is 0 Å². The maximum atomic E-state index is 12.5. The number of rotatable bonds is 7. The summed E-state index contributed by atoms with van der Waals surface area (Å²) in [7, 11) is 6.49. The molecule has 0 bridgehead atoms. The van der Waals surface area contributed by atoms with Crippen molar-refractivity contribution in [1.82, 2.24) is 9.97 Å². The van der Waals surface area contributed by atoms with E-state index >= 15 is 0 Å². The molecule has 164 valence electrons. The van der Waals surface area contributed by atoms with Crippen LogP contribution in [0.25, 0.3) is 10.2 Å². The Balaban J connectivity index is 1.55. The molecule has 2 heterocycles. The second kappa shape index (κ2) is 9.65. The second-order valence-electron chi connectivity index (χ2n) is 6.44. The van der Waals surface area contributed by atoms with Crippen molar-refractivity contribution in [3.63, 3.8) is 0 Å². The number of methoxy groups -OCH3 is 1. The van der Waals surface area contributed by atoms with Crippen molar-refractivity contribution in [2.75, 3.05) is 12.4 Å². The zero-order valence-corrected chi connectivity index (χ0v) is 19.9. The number of anilines is 1. The number of ether oxygens (including phenoxy) is 3. The van der Waals surface area contributed by atoms with E-state index in [1.165, 1.54) is 30.7 Å². The number of aromatic hydroxyl groups is 1. The number of para-hydroxylation sites is 2. The van der Waals surface area contributed by atoms with Crippen molar-refractivity contribution < 1.29 is 24.1 Å². The fraction of sp³-hybridized carbons (Fsp3) is 0.0952. The highest BCUT2D eigenvalue weighted by atomic mass is 32.1. The van der Waals surface area contributed by atoms with E-state index in [4.69, 9.17) is 14.2 Å². The molecule has 8 nitrogen and oxygen atoms in total. The van der Waals surface area contributed by atoms with Gasteiger partial charge in [-0.05, 0) is 24.3 Å². The number of carbonyl (C=O) groups excluding carboxylic acids is 1. The Morgan fingerprint density at radius 1 is 1.12 bits per heavy atom. The monoisotopic (exact) mass is 487 g/mol. The maximum Gasteiger partial charge on any atom is 0.280 e. The van der Waals surface area contributed by atoms with E-state index in [0.717, 1.165) is 4.70 Å². The van der Waals surface area contributed by atoms with Gasteiger partial charge >= 0.3 is 0 Å². The Labute approximate surface area is 192 Å². The minimum Gasteiger partial charge on any atom is -0.503 e. The lowest BCUT2D eigenvalue weighted by atomic mass is 10.3. The molecule has 11 heteroatoms. The van der Waals surface area contributed by atoms with Gasteiger partial charge in [0.1, 0.15) is 11.3 Å². The molecule has 1 amide bonds. The van der Waals surface area contributed by atoms with E-state index in [9.17, 15) is 9.90 Å². The Morgan fingerprint density at radius 2 is 1.91 bits per heavy atom. The van der Waals surface area contributed by atoms with Crippen LogP contribution in [0.5, 0.6) is 28.7 Å². The number of pyridine rings is 1. The quantitative estimate of drug-likeness (QED) is 0.359. The predicted molar refractivity (Wildman–Crippen MR) is 130 cm³/mol. The van der Waals surface area contributed by atoms with E-state index in [1.54, 1.807) is 12.1 Å². The normalized spacial score (nSPS) is 10.9. The Bertz CT molecular complexity index is 1280. The van der Waals surface area contributed by atoms with Gasteiger partial charge in [0, 0.05) is 18.3 Å². The molecule has 0 saturated carbocycles. The number of amides is 1. The van der Waals surface area contributed by atoms with Gasteiger partial charge in [-0.15, -0.1) is 0 Å². The van der Waals surface area contributed by atoms with Gasteiger partial charge in [-0.25, -0.2) is 9.97 Å². The average molecular weight is 487 g/mol. The summed E-state index contributed by atoms with van der Waals surface area (Å²) >= 11 is 1.27. The zero-order valence-electron chi connectivity index (χ0n) is 16.8. The molecular formula is C21H19N3O5P2S. The number of aromatic nitrogens is 2. The molecule has 32 heavy (non-hydrogen) atoms. The fourth-order valence-electron chi connectivity index (χ4n) is 2.85. The lowest BCUT2D eigenvalue weighted by Crippen LogP contribution is -2.13. The number of nitrogens with one attached hydrogen (secondary N) is 1. The highest BCUT2D eigenvalue weighted by Crippen LogP contribution is 2.36. The molecule has 0 aliphatic heterocycles. The van der Waals surface area contributed by atoms with Crippen LogP contribution < -0.4 is 19.5 Å². The van der Waals surface area contributed by atoms with Crippen LogP contribution in [-0.2, 0) is 0 Å². The third kappa shape index (κ3) is 4.91. The molecule has 2 aromatic heterocycles. The third-order valence-corrected chi connectivity index (χ3v) is 5.45. The summed E-state index contributed by atoms with van der Waals surface area (Å²) in [6.45, 7) is 0. The molecule has 0 aliphatic carbocycles. The van der Waals surface area contributed by atoms with Crippen LogP contribution in [0.15, 0.2) is 54.7 Å². The average Bonchev–Trinajstić information content (AvgIpc) is 3.16. The number of carbonyl (C=O) groups is 1. The molecular weight excluding hydrogens is 468 g/mol. The number of fused-ring (bicyclic) bond motifs is 1. The Hall–Kier alpha value is -2.99. The van der Waals surface area contributed by atoms with Crippen LogP contribution in [0.4, 0.5) is 5.13 Å². The van der Waals surface area contributed by atoms with Gasteiger partial charge < -0.3 is 19.3 Å². The van der Waals surface area contributed by atoms with E-state index in [-0.39, 0.29) is 22.8 Å².